The molecule has 1 fully saturated rings. The largest absolute Gasteiger partial charge is 0.488 e. The lowest BCUT2D eigenvalue weighted by molar-refractivity contribution is -0.144. The maximum absolute atomic E-state index is 11.9. The molecule has 0 radical (unpaired) electrons. The molecule has 2 aromatic carbocycles. The predicted octanol–water partition coefficient (Wildman–Crippen LogP) is 6.73. The van der Waals surface area contributed by atoms with Crippen molar-refractivity contribution in [3.63, 3.8) is 0 Å². The molecule has 1 N–H and O–H groups in total. The number of ether oxygens (including phenoxy) is 1. The molecule has 0 bridgehead atoms. The molecule has 1 saturated heterocycles. The van der Waals surface area contributed by atoms with E-state index in [1.54, 1.807) is 36.7 Å². The second kappa shape index (κ2) is 13.8. The van der Waals surface area contributed by atoms with Gasteiger partial charge in [-0.3, -0.25) is 19.7 Å². The molecule has 1 atom stereocenters. The first-order chi connectivity index (χ1) is 21.0. The van der Waals surface area contributed by atoms with Crippen LogP contribution in [0.4, 0.5) is 0 Å². The minimum absolute atomic E-state index is 0.155. The second-order valence-electron chi connectivity index (χ2n) is 10.2. The van der Waals surface area contributed by atoms with Crippen LogP contribution in [0.5, 0.6) is 5.75 Å². The summed E-state index contributed by atoms with van der Waals surface area (Å²) >= 11 is 6.77. The van der Waals surface area contributed by atoms with Crippen molar-refractivity contribution in [1.29, 1.82) is 10.5 Å². The summed E-state index contributed by atoms with van der Waals surface area (Å²) in [5.41, 5.74) is 5.20. The first kappa shape index (κ1) is 29.5. The number of nitriles is 2. The first-order valence-electron chi connectivity index (χ1n) is 13.9. The highest BCUT2D eigenvalue weighted by molar-refractivity contribution is 6.32. The number of hydrogen-bond donors (Lipinski definition) is 1. The van der Waals surface area contributed by atoms with Crippen LogP contribution in [0.3, 0.4) is 0 Å². The molecule has 214 valence electrons. The topological polar surface area (TPSA) is 123 Å². The summed E-state index contributed by atoms with van der Waals surface area (Å²) in [6.45, 7) is 1.16. The Hall–Kier alpha value is -5.02. The Morgan fingerprint density at radius 1 is 1.09 bits per heavy atom. The van der Waals surface area contributed by atoms with E-state index in [2.05, 4.69) is 22.1 Å². The maximum Gasteiger partial charge on any atom is 0.320 e. The first-order valence-corrected chi connectivity index (χ1v) is 14.2. The Morgan fingerprint density at radius 2 is 1.93 bits per heavy atom. The molecule has 1 aliphatic heterocycles. The fraction of sp³-hybridized carbons (Fsp3) is 0.206. The third kappa shape index (κ3) is 7.07. The van der Waals surface area contributed by atoms with Gasteiger partial charge >= 0.3 is 5.97 Å². The smallest absolute Gasteiger partial charge is 0.320 e. The van der Waals surface area contributed by atoms with Crippen LogP contribution < -0.4 is 4.74 Å². The maximum atomic E-state index is 11.9. The van der Waals surface area contributed by atoms with E-state index in [0.29, 0.717) is 52.7 Å². The van der Waals surface area contributed by atoms with Gasteiger partial charge in [-0.25, -0.2) is 0 Å². The number of nitrogens with zero attached hydrogens (tertiary/aromatic N) is 5. The number of aliphatic carboxylic acids is 1. The Labute approximate surface area is 255 Å². The van der Waals surface area contributed by atoms with E-state index in [4.69, 9.17) is 16.3 Å². The fourth-order valence-electron chi connectivity index (χ4n) is 5.21. The van der Waals surface area contributed by atoms with Crippen molar-refractivity contribution in [3.8, 4) is 29.0 Å². The lowest BCUT2D eigenvalue weighted by atomic mass is 9.99. The third-order valence-electron chi connectivity index (χ3n) is 7.37. The summed E-state index contributed by atoms with van der Waals surface area (Å²) in [6, 6.07) is 20.6. The molecule has 5 rings (SSSR count). The van der Waals surface area contributed by atoms with Gasteiger partial charge in [0.1, 0.15) is 30.5 Å². The van der Waals surface area contributed by atoms with Crippen molar-refractivity contribution in [1.82, 2.24) is 14.9 Å². The van der Waals surface area contributed by atoms with Gasteiger partial charge < -0.3 is 9.84 Å². The van der Waals surface area contributed by atoms with E-state index in [9.17, 15) is 20.4 Å². The van der Waals surface area contributed by atoms with Crippen LogP contribution in [-0.2, 0) is 17.9 Å². The molecule has 8 nitrogen and oxygen atoms in total. The van der Waals surface area contributed by atoms with E-state index >= 15 is 0 Å². The van der Waals surface area contributed by atoms with Crippen molar-refractivity contribution in [3.05, 3.63) is 112 Å². The summed E-state index contributed by atoms with van der Waals surface area (Å²) in [6.07, 6.45) is 10.7. The molecule has 9 heteroatoms. The Morgan fingerprint density at radius 3 is 2.70 bits per heavy atom. The molecule has 1 unspecified atom stereocenters. The van der Waals surface area contributed by atoms with E-state index in [1.165, 1.54) is 6.20 Å². The molecule has 43 heavy (non-hydrogen) atoms. The average Bonchev–Trinajstić information content (AvgIpc) is 3.04. The van der Waals surface area contributed by atoms with Gasteiger partial charge in [-0.1, -0.05) is 54.4 Å². The molecule has 4 aromatic rings. The van der Waals surface area contributed by atoms with Gasteiger partial charge in [-0.15, -0.1) is 0 Å². The van der Waals surface area contributed by atoms with Gasteiger partial charge in [0.2, 0.25) is 0 Å². The van der Waals surface area contributed by atoms with Gasteiger partial charge in [0.05, 0.1) is 16.8 Å². The molecular weight excluding hydrogens is 562 g/mol. The number of carbonyl (C=O) groups is 1. The van der Waals surface area contributed by atoms with Crippen molar-refractivity contribution in [2.75, 3.05) is 6.54 Å². The van der Waals surface area contributed by atoms with Gasteiger partial charge in [0.15, 0.2) is 0 Å². The molecule has 0 spiro atoms. The zero-order valence-corrected chi connectivity index (χ0v) is 24.0. The fourth-order valence-corrected chi connectivity index (χ4v) is 5.46. The predicted molar refractivity (Wildman–Crippen MR) is 164 cm³/mol. The number of benzene rings is 2. The second-order valence-corrected chi connectivity index (χ2v) is 10.6. The number of carboxylic acid groups (broad SMARTS) is 1. The normalized spacial score (nSPS) is 15.1. The highest BCUT2D eigenvalue weighted by Gasteiger charge is 2.29. The number of rotatable bonds is 9. The molecule has 0 saturated carbocycles. The molecule has 0 aliphatic carbocycles. The van der Waals surface area contributed by atoms with E-state index in [1.807, 2.05) is 47.4 Å². The molecule has 1 aliphatic rings. The summed E-state index contributed by atoms with van der Waals surface area (Å²) in [5, 5.41) is 29.5. The highest BCUT2D eigenvalue weighted by Crippen LogP contribution is 2.33. The molecular formula is C34H28ClN5O3. The van der Waals surface area contributed by atoms with Crippen molar-refractivity contribution >= 4 is 29.7 Å². The van der Waals surface area contributed by atoms with Crippen molar-refractivity contribution in [2.45, 2.75) is 38.5 Å². The Bertz CT molecular complexity index is 1740. The van der Waals surface area contributed by atoms with E-state index in [-0.39, 0.29) is 6.61 Å². The van der Waals surface area contributed by atoms with E-state index in [0.717, 1.165) is 35.1 Å². The van der Waals surface area contributed by atoms with Crippen LogP contribution in [0.25, 0.3) is 23.3 Å². The van der Waals surface area contributed by atoms with Crippen molar-refractivity contribution in [2.24, 2.45) is 0 Å². The summed E-state index contributed by atoms with van der Waals surface area (Å²) < 4.78 is 6.25. The van der Waals surface area contributed by atoms with Gasteiger partial charge in [0, 0.05) is 46.8 Å². The average molecular weight is 590 g/mol. The van der Waals surface area contributed by atoms with Crippen molar-refractivity contribution < 1.29 is 14.6 Å². The van der Waals surface area contributed by atoms with Gasteiger partial charge in [0.25, 0.3) is 0 Å². The summed E-state index contributed by atoms with van der Waals surface area (Å²) in [5.74, 6) is -0.307. The van der Waals surface area contributed by atoms with Crippen LogP contribution in [-0.4, -0.2) is 38.5 Å². The number of piperidine rings is 1. The van der Waals surface area contributed by atoms with Crippen LogP contribution in [0.2, 0.25) is 5.02 Å². The summed E-state index contributed by atoms with van der Waals surface area (Å²) in [7, 11) is 0. The minimum atomic E-state index is -0.842. The number of pyridine rings is 2. The zero-order valence-electron chi connectivity index (χ0n) is 23.3. The molecule has 2 aromatic heterocycles. The lowest BCUT2D eigenvalue weighted by Gasteiger charge is -2.33. The number of hydrogen-bond acceptors (Lipinski definition) is 7. The highest BCUT2D eigenvalue weighted by atomic mass is 35.5. The number of aromatic nitrogens is 2. The Kier molecular flexibility index (Phi) is 9.43. The quantitative estimate of drug-likeness (QED) is 0.228. The zero-order chi connectivity index (χ0) is 30.2. The number of carboxylic acids is 1. The van der Waals surface area contributed by atoms with Gasteiger partial charge in [-0.2, -0.15) is 10.5 Å². The SMILES string of the molecule is N#Cc1cncc(COc2cc(C=Cc3nccc(-c4ccccc4)c3C#N)c(Cl)cc2CN2CCCCC2C(=O)O)c1. The number of likely N-dealkylation sites (tertiary alicyclic amines) is 1. The molecule has 3 heterocycles. The van der Waals surface area contributed by atoms with Gasteiger partial charge in [-0.05, 0) is 60.9 Å². The summed E-state index contributed by atoms with van der Waals surface area (Å²) in [4.78, 5) is 22.4. The standard InChI is InChI=1S/C34H28ClN5O3/c35-30-15-27(21-40-13-5-4-8-32(40)34(41)42)33(43-22-24-14-23(17-36)19-38-20-24)16-26(30)9-10-31-29(18-37)28(11-12-39-31)25-6-2-1-3-7-25/h1-3,6-7,9-12,14-16,19-20,32H,4-5,8,13,21-22H2,(H,41,42). The van der Waals surface area contributed by atoms with Crippen LogP contribution >= 0.6 is 11.6 Å². The lowest BCUT2D eigenvalue weighted by Crippen LogP contribution is -2.44. The van der Waals surface area contributed by atoms with Crippen LogP contribution in [0, 0.1) is 22.7 Å². The van der Waals surface area contributed by atoms with Crippen LogP contribution in [0.1, 0.15) is 52.8 Å². The monoisotopic (exact) mass is 589 g/mol. The Balaban J connectivity index is 1.49. The minimum Gasteiger partial charge on any atom is -0.488 e. The molecule has 0 amide bonds. The van der Waals surface area contributed by atoms with Crippen LogP contribution in [0.15, 0.2) is 73.2 Å². The van der Waals surface area contributed by atoms with E-state index < -0.39 is 12.0 Å². The number of halogens is 1. The third-order valence-corrected chi connectivity index (χ3v) is 7.70.